The van der Waals surface area contributed by atoms with Crippen molar-refractivity contribution in [2.45, 2.75) is 24.8 Å². The number of nitrogens with one attached hydrogen (secondary N) is 3. The van der Waals surface area contributed by atoms with Crippen LogP contribution in [0.5, 0.6) is 0 Å². The molecule has 6 rings (SSSR count). The van der Waals surface area contributed by atoms with Crippen LogP contribution in [0.15, 0.2) is 65.1 Å². The third-order valence-electron chi connectivity index (χ3n) is 8.95. The number of piperazine rings is 1. The molecule has 0 saturated carbocycles. The molecule has 2 saturated heterocycles. The second kappa shape index (κ2) is 14.2. The summed E-state index contributed by atoms with van der Waals surface area (Å²) in [6.07, 6.45) is 2.34. The smallest absolute Gasteiger partial charge is 0.255 e. The van der Waals surface area contributed by atoms with Gasteiger partial charge in [-0.05, 0) is 60.9 Å². The summed E-state index contributed by atoms with van der Waals surface area (Å²) in [5.74, 6) is -0.826. The van der Waals surface area contributed by atoms with Crippen molar-refractivity contribution in [3.8, 4) is 0 Å². The number of likely N-dealkylation sites (tertiary alicyclic amines) is 1. The molecule has 1 unspecified atom stereocenters. The Morgan fingerprint density at radius 1 is 0.851 bits per heavy atom. The number of nitrogens with zero attached hydrogens (tertiary/aromatic N) is 3. The van der Waals surface area contributed by atoms with Crippen molar-refractivity contribution in [3.63, 3.8) is 0 Å². The van der Waals surface area contributed by atoms with Crippen LogP contribution in [0.25, 0.3) is 0 Å². The lowest BCUT2D eigenvalue weighted by molar-refractivity contribution is -0.134. The minimum Gasteiger partial charge on any atom is -0.367 e. The Balaban J connectivity index is 1.16. The van der Waals surface area contributed by atoms with Gasteiger partial charge in [0.05, 0.1) is 18.7 Å². The minimum absolute atomic E-state index is 0.144. The fraction of sp³-hybridized carbons (Fsp3) is 0.353. The fourth-order valence-electron chi connectivity index (χ4n) is 6.46. The molecule has 3 aliphatic rings. The number of halogens is 3. The predicted octanol–water partition coefficient (Wildman–Crippen LogP) is 4.75. The van der Waals surface area contributed by atoms with E-state index in [1.165, 1.54) is 0 Å². The van der Waals surface area contributed by atoms with Gasteiger partial charge in [0, 0.05) is 77.1 Å². The van der Waals surface area contributed by atoms with Gasteiger partial charge in [-0.15, -0.1) is 0 Å². The number of carbonyl (C=O) groups excluding carboxylic acids is 4. The van der Waals surface area contributed by atoms with Crippen LogP contribution in [0.3, 0.4) is 0 Å². The summed E-state index contributed by atoms with van der Waals surface area (Å²) in [6, 6.07) is 17.6. The van der Waals surface area contributed by atoms with Gasteiger partial charge >= 0.3 is 0 Å². The van der Waals surface area contributed by atoms with E-state index in [2.05, 4.69) is 36.8 Å². The number of hydrogen-bond acceptors (Lipinski definition) is 6. The average molecular weight is 743 g/mol. The van der Waals surface area contributed by atoms with E-state index in [0.29, 0.717) is 64.2 Å². The normalized spacial score (nSPS) is 19.3. The standard InChI is InChI=1S/C34H35BrCl2N6O4/c35-23-6-8-26(32(46)38-20-30(44)43-14-12-41(13-15-43)21-31(45)42-10-1-2-11-42)28(17-23)40-34(19-22-4-3-5-24(36)16-22)27-9-7-25(37)18-29(27)39-33(34)47/h3-9,16-18,40H,1-2,10-15,19-21H2,(H,38,46)(H,39,47). The van der Waals surface area contributed by atoms with Gasteiger partial charge in [0.1, 0.15) is 5.54 Å². The molecule has 3 N–H and O–H groups in total. The van der Waals surface area contributed by atoms with Gasteiger partial charge in [-0.2, -0.15) is 0 Å². The molecule has 0 radical (unpaired) electrons. The molecule has 1 atom stereocenters. The maximum absolute atomic E-state index is 13.8. The highest BCUT2D eigenvalue weighted by molar-refractivity contribution is 9.10. The number of hydrogen-bond donors (Lipinski definition) is 3. The number of carbonyl (C=O) groups is 4. The summed E-state index contributed by atoms with van der Waals surface area (Å²) in [6.45, 7) is 4.00. The van der Waals surface area contributed by atoms with Gasteiger partial charge in [-0.1, -0.05) is 57.3 Å². The van der Waals surface area contributed by atoms with Gasteiger partial charge < -0.3 is 25.8 Å². The van der Waals surface area contributed by atoms with E-state index in [0.717, 1.165) is 31.5 Å². The lowest BCUT2D eigenvalue weighted by Gasteiger charge is -2.35. The third-order valence-corrected chi connectivity index (χ3v) is 9.92. The van der Waals surface area contributed by atoms with Crippen molar-refractivity contribution in [1.82, 2.24) is 20.0 Å². The van der Waals surface area contributed by atoms with E-state index in [1.54, 1.807) is 53.4 Å². The number of anilines is 2. The first-order valence-electron chi connectivity index (χ1n) is 15.6. The van der Waals surface area contributed by atoms with Gasteiger partial charge in [0.25, 0.3) is 11.8 Å². The number of benzene rings is 3. The van der Waals surface area contributed by atoms with Crippen molar-refractivity contribution in [2.75, 3.05) is 63.0 Å². The quantitative estimate of drug-likeness (QED) is 0.292. The molecule has 13 heteroatoms. The van der Waals surface area contributed by atoms with Gasteiger partial charge in [-0.3, -0.25) is 24.1 Å². The second-order valence-electron chi connectivity index (χ2n) is 12.1. The highest BCUT2D eigenvalue weighted by Crippen LogP contribution is 2.43. The minimum atomic E-state index is -1.30. The summed E-state index contributed by atoms with van der Waals surface area (Å²) in [4.78, 5) is 58.7. The fourth-order valence-corrected chi connectivity index (χ4v) is 7.21. The maximum atomic E-state index is 13.8. The molecule has 3 heterocycles. The highest BCUT2D eigenvalue weighted by Gasteiger charge is 2.47. The van der Waals surface area contributed by atoms with Crippen LogP contribution in [0, 0.1) is 0 Å². The van der Waals surface area contributed by atoms with Crippen LogP contribution < -0.4 is 16.0 Å². The number of amides is 4. The molecule has 3 aromatic carbocycles. The maximum Gasteiger partial charge on any atom is 0.255 e. The largest absolute Gasteiger partial charge is 0.367 e. The zero-order chi connectivity index (χ0) is 33.1. The van der Waals surface area contributed by atoms with E-state index >= 15 is 0 Å². The van der Waals surface area contributed by atoms with Crippen LogP contribution >= 0.6 is 39.1 Å². The molecular formula is C34H35BrCl2N6O4. The molecule has 0 spiro atoms. The molecule has 0 bridgehead atoms. The van der Waals surface area contributed by atoms with Crippen molar-refractivity contribution in [1.29, 1.82) is 0 Å². The summed E-state index contributed by atoms with van der Waals surface area (Å²) in [7, 11) is 0. The topological polar surface area (TPSA) is 114 Å². The average Bonchev–Trinajstić information content (AvgIpc) is 3.67. The van der Waals surface area contributed by atoms with Gasteiger partial charge in [-0.25, -0.2) is 0 Å². The molecule has 3 aliphatic heterocycles. The first-order chi connectivity index (χ1) is 22.6. The van der Waals surface area contributed by atoms with Crippen LogP contribution in [0.4, 0.5) is 11.4 Å². The van der Waals surface area contributed by atoms with E-state index in [4.69, 9.17) is 23.2 Å². The van der Waals surface area contributed by atoms with Gasteiger partial charge in [0.2, 0.25) is 11.8 Å². The Morgan fingerprint density at radius 2 is 1.57 bits per heavy atom. The molecule has 246 valence electrons. The molecule has 4 amide bonds. The molecule has 2 fully saturated rings. The molecule has 47 heavy (non-hydrogen) atoms. The summed E-state index contributed by atoms with van der Waals surface area (Å²) in [5, 5.41) is 10.1. The number of rotatable bonds is 9. The molecule has 10 nitrogen and oxygen atoms in total. The molecule has 3 aromatic rings. The van der Waals surface area contributed by atoms with Crippen LogP contribution in [0.1, 0.15) is 34.3 Å². The van der Waals surface area contributed by atoms with E-state index < -0.39 is 11.4 Å². The summed E-state index contributed by atoms with van der Waals surface area (Å²) < 4.78 is 0.696. The Hall–Kier alpha value is -3.64. The monoisotopic (exact) mass is 740 g/mol. The first kappa shape index (κ1) is 33.3. The van der Waals surface area contributed by atoms with Gasteiger partial charge in [0.15, 0.2) is 0 Å². The second-order valence-corrected chi connectivity index (χ2v) is 13.9. The van der Waals surface area contributed by atoms with Crippen molar-refractivity contribution in [3.05, 3.63) is 91.9 Å². The van der Waals surface area contributed by atoms with Crippen LogP contribution in [-0.4, -0.2) is 90.7 Å². The molecule has 0 aliphatic carbocycles. The Bertz CT molecular complexity index is 1710. The van der Waals surface area contributed by atoms with Crippen molar-refractivity contribution in [2.24, 2.45) is 0 Å². The Morgan fingerprint density at radius 3 is 2.32 bits per heavy atom. The highest BCUT2D eigenvalue weighted by atomic mass is 79.9. The van der Waals surface area contributed by atoms with Crippen LogP contribution in [0.2, 0.25) is 10.0 Å². The first-order valence-corrected chi connectivity index (χ1v) is 17.2. The van der Waals surface area contributed by atoms with E-state index in [9.17, 15) is 19.2 Å². The van der Waals surface area contributed by atoms with E-state index in [-0.39, 0.29) is 36.3 Å². The lowest BCUT2D eigenvalue weighted by Crippen LogP contribution is -2.53. The zero-order valence-corrected chi connectivity index (χ0v) is 28.8. The molecule has 0 aromatic heterocycles. The van der Waals surface area contributed by atoms with E-state index in [1.807, 2.05) is 17.0 Å². The summed E-state index contributed by atoms with van der Waals surface area (Å²) >= 11 is 16.1. The molecular weight excluding hydrogens is 707 g/mol. The van der Waals surface area contributed by atoms with Crippen molar-refractivity contribution < 1.29 is 19.2 Å². The third kappa shape index (κ3) is 7.43. The number of fused-ring (bicyclic) bond motifs is 1. The Labute approximate surface area is 291 Å². The van der Waals surface area contributed by atoms with Crippen LogP contribution in [-0.2, 0) is 26.3 Å². The summed E-state index contributed by atoms with van der Waals surface area (Å²) in [5.41, 5.74) is 1.44. The Kier molecular flexibility index (Phi) is 10.1. The van der Waals surface area contributed by atoms with Crippen molar-refractivity contribution >= 4 is 74.1 Å². The lowest BCUT2D eigenvalue weighted by atomic mass is 9.84. The zero-order valence-electron chi connectivity index (χ0n) is 25.7. The predicted molar refractivity (Wildman–Crippen MR) is 186 cm³/mol. The SMILES string of the molecule is O=C(NCC(=O)N1CCN(CC(=O)N2CCCC2)CC1)c1ccc(Br)cc1NC1(Cc2cccc(Cl)c2)C(=O)Nc2cc(Cl)ccc21.